The van der Waals surface area contributed by atoms with Crippen molar-refractivity contribution in [3.05, 3.63) is 28.2 Å². The van der Waals surface area contributed by atoms with E-state index < -0.39 is 0 Å². The van der Waals surface area contributed by atoms with E-state index in [1.807, 2.05) is 13.0 Å². The predicted molar refractivity (Wildman–Crippen MR) is 74.6 cm³/mol. The summed E-state index contributed by atoms with van der Waals surface area (Å²) in [6.07, 6.45) is 1.43. The zero-order valence-electron chi connectivity index (χ0n) is 10.1. The Morgan fingerprint density at radius 3 is 2.76 bits per heavy atom. The summed E-state index contributed by atoms with van der Waals surface area (Å²) in [5.74, 6) is 0.246. The summed E-state index contributed by atoms with van der Waals surface area (Å²) < 4.78 is 1.04. The van der Waals surface area contributed by atoms with Crippen molar-refractivity contribution in [3.63, 3.8) is 0 Å². The molecule has 0 aliphatic carbocycles. The van der Waals surface area contributed by atoms with Gasteiger partial charge in [0, 0.05) is 22.6 Å². The molecule has 0 spiro atoms. The lowest BCUT2D eigenvalue weighted by atomic mass is 10.1. The van der Waals surface area contributed by atoms with Crippen molar-refractivity contribution in [1.29, 1.82) is 0 Å². The molecule has 1 aromatic rings. The fourth-order valence-electron chi connectivity index (χ4n) is 1.65. The number of nitrogens with two attached hydrogens (primary N) is 1. The average molecular weight is 300 g/mol. The summed E-state index contributed by atoms with van der Waals surface area (Å²) in [5, 5.41) is 14.9. The Kier molecular flexibility index (Phi) is 5.28. The Bertz CT molecular complexity index is 386. The van der Waals surface area contributed by atoms with Gasteiger partial charge in [-0.25, -0.2) is 0 Å². The Labute approximate surface area is 110 Å². The summed E-state index contributed by atoms with van der Waals surface area (Å²) in [5.41, 5.74) is 7.73. The van der Waals surface area contributed by atoms with Crippen molar-refractivity contribution < 1.29 is 5.21 Å². The molecule has 1 rings (SSSR count). The Hall–Kier alpha value is -1.23. The number of benzene rings is 1. The molecular formula is C12H18BrN3O. The first-order chi connectivity index (χ1) is 8.05. The van der Waals surface area contributed by atoms with Crippen LogP contribution in [-0.2, 0) is 0 Å². The topological polar surface area (TPSA) is 70.6 Å². The molecule has 0 aliphatic rings. The van der Waals surface area contributed by atoms with Crippen LogP contribution in [0.4, 0.5) is 5.69 Å². The molecule has 0 saturated heterocycles. The second kappa shape index (κ2) is 6.49. The van der Waals surface area contributed by atoms with Crippen LogP contribution in [0.25, 0.3) is 0 Å². The third-order valence-corrected chi connectivity index (χ3v) is 2.95. The lowest BCUT2D eigenvalue weighted by Crippen LogP contribution is -2.26. The maximum Gasteiger partial charge on any atom is 0.141 e. The van der Waals surface area contributed by atoms with Gasteiger partial charge in [0.1, 0.15) is 5.84 Å². The molecular weight excluding hydrogens is 282 g/mol. The van der Waals surface area contributed by atoms with Crippen LogP contribution in [0.3, 0.4) is 0 Å². The number of halogens is 1. The first kappa shape index (κ1) is 13.8. The number of hydrogen-bond donors (Lipinski definition) is 3. The molecule has 94 valence electrons. The molecule has 1 unspecified atom stereocenters. The van der Waals surface area contributed by atoms with Gasteiger partial charge in [-0.3, -0.25) is 0 Å². The molecule has 0 saturated carbocycles. The smallest absolute Gasteiger partial charge is 0.141 e. The lowest BCUT2D eigenvalue weighted by molar-refractivity contribution is 0.316. The third kappa shape index (κ3) is 4.65. The second-order valence-electron chi connectivity index (χ2n) is 4.06. The van der Waals surface area contributed by atoms with Crippen LogP contribution in [0, 0.1) is 6.92 Å². The normalized spacial score (nSPS) is 13.5. The molecule has 4 N–H and O–H groups in total. The number of hydrogen-bond acceptors (Lipinski definition) is 3. The van der Waals surface area contributed by atoms with Gasteiger partial charge >= 0.3 is 0 Å². The summed E-state index contributed by atoms with van der Waals surface area (Å²) in [6.45, 7) is 4.10. The zero-order valence-corrected chi connectivity index (χ0v) is 11.7. The van der Waals surface area contributed by atoms with Gasteiger partial charge in [0.2, 0.25) is 0 Å². The fraction of sp³-hybridized carbons (Fsp3) is 0.417. The molecule has 0 fully saturated rings. The van der Waals surface area contributed by atoms with Crippen molar-refractivity contribution in [2.45, 2.75) is 32.7 Å². The van der Waals surface area contributed by atoms with Crippen LogP contribution < -0.4 is 11.1 Å². The van der Waals surface area contributed by atoms with Crippen molar-refractivity contribution in [2.75, 3.05) is 5.32 Å². The minimum atomic E-state index is 0.166. The Morgan fingerprint density at radius 2 is 2.24 bits per heavy atom. The van der Waals surface area contributed by atoms with Crippen LogP contribution in [0.2, 0.25) is 0 Å². The van der Waals surface area contributed by atoms with Crippen LogP contribution in [0.15, 0.2) is 27.8 Å². The second-order valence-corrected chi connectivity index (χ2v) is 4.98. The number of oxime groups is 1. The molecule has 17 heavy (non-hydrogen) atoms. The molecule has 0 radical (unpaired) electrons. The molecule has 0 aliphatic heterocycles. The summed E-state index contributed by atoms with van der Waals surface area (Å²) in [6, 6.07) is 6.30. The van der Waals surface area contributed by atoms with E-state index in [0.29, 0.717) is 6.42 Å². The SMILES string of the molecule is CCC(C/C(N)=N/O)Nc1cc(C)cc(Br)c1. The zero-order chi connectivity index (χ0) is 12.8. The van der Waals surface area contributed by atoms with E-state index in [2.05, 4.69) is 45.5 Å². The largest absolute Gasteiger partial charge is 0.409 e. The molecule has 1 atom stereocenters. The summed E-state index contributed by atoms with van der Waals surface area (Å²) in [4.78, 5) is 0. The van der Waals surface area contributed by atoms with Crippen molar-refractivity contribution in [2.24, 2.45) is 10.9 Å². The van der Waals surface area contributed by atoms with Gasteiger partial charge in [0.15, 0.2) is 0 Å². The number of aryl methyl sites for hydroxylation is 1. The van der Waals surface area contributed by atoms with Gasteiger partial charge in [-0.1, -0.05) is 28.0 Å². The number of amidine groups is 1. The summed E-state index contributed by atoms with van der Waals surface area (Å²) in [7, 11) is 0. The van der Waals surface area contributed by atoms with Crippen LogP contribution >= 0.6 is 15.9 Å². The van der Waals surface area contributed by atoms with E-state index in [-0.39, 0.29) is 11.9 Å². The van der Waals surface area contributed by atoms with E-state index in [1.54, 1.807) is 0 Å². The predicted octanol–water partition coefficient (Wildman–Crippen LogP) is 3.08. The fourth-order valence-corrected chi connectivity index (χ4v) is 2.25. The number of anilines is 1. The third-order valence-electron chi connectivity index (χ3n) is 2.49. The van der Waals surface area contributed by atoms with Gasteiger partial charge in [0.25, 0.3) is 0 Å². The Morgan fingerprint density at radius 1 is 1.53 bits per heavy atom. The first-order valence-corrected chi connectivity index (χ1v) is 6.34. The molecule has 4 nitrogen and oxygen atoms in total. The van der Waals surface area contributed by atoms with Crippen molar-refractivity contribution >= 4 is 27.5 Å². The van der Waals surface area contributed by atoms with Crippen LogP contribution in [-0.4, -0.2) is 17.1 Å². The van der Waals surface area contributed by atoms with Crippen molar-refractivity contribution in [3.8, 4) is 0 Å². The van der Waals surface area contributed by atoms with Gasteiger partial charge in [-0.15, -0.1) is 0 Å². The molecule has 0 bridgehead atoms. The molecule has 0 heterocycles. The quantitative estimate of drug-likeness (QED) is 0.339. The molecule has 5 heteroatoms. The van der Waals surface area contributed by atoms with E-state index >= 15 is 0 Å². The Balaban J connectivity index is 2.73. The van der Waals surface area contributed by atoms with E-state index in [0.717, 1.165) is 16.6 Å². The van der Waals surface area contributed by atoms with Gasteiger partial charge < -0.3 is 16.3 Å². The van der Waals surface area contributed by atoms with E-state index in [4.69, 9.17) is 10.9 Å². The minimum absolute atomic E-state index is 0.166. The van der Waals surface area contributed by atoms with Crippen molar-refractivity contribution in [1.82, 2.24) is 0 Å². The first-order valence-electron chi connectivity index (χ1n) is 5.55. The maximum absolute atomic E-state index is 8.56. The van der Waals surface area contributed by atoms with E-state index in [1.165, 1.54) is 5.56 Å². The van der Waals surface area contributed by atoms with E-state index in [9.17, 15) is 0 Å². The standard InChI is InChI=1S/C12H18BrN3O/c1-3-10(7-12(14)16-17)15-11-5-8(2)4-9(13)6-11/h4-6,10,15,17H,3,7H2,1-2H3,(H2,14,16). The van der Waals surface area contributed by atoms with Crippen LogP contribution in [0.1, 0.15) is 25.3 Å². The molecule has 1 aromatic carbocycles. The highest BCUT2D eigenvalue weighted by Crippen LogP contribution is 2.20. The highest BCUT2D eigenvalue weighted by molar-refractivity contribution is 9.10. The number of nitrogens with one attached hydrogen (secondary N) is 1. The maximum atomic E-state index is 8.56. The molecule has 0 aromatic heterocycles. The number of nitrogens with zero attached hydrogens (tertiary/aromatic N) is 1. The summed E-state index contributed by atoms with van der Waals surface area (Å²) >= 11 is 3.46. The monoisotopic (exact) mass is 299 g/mol. The van der Waals surface area contributed by atoms with Gasteiger partial charge in [-0.2, -0.15) is 0 Å². The average Bonchev–Trinajstić information content (AvgIpc) is 2.26. The highest BCUT2D eigenvalue weighted by Gasteiger charge is 2.09. The van der Waals surface area contributed by atoms with Crippen LogP contribution in [0.5, 0.6) is 0 Å². The van der Waals surface area contributed by atoms with Gasteiger partial charge in [0.05, 0.1) is 0 Å². The lowest BCUT2D eigenvalue weighted by Gasteiger charge is -2.18. The number of rotatable bonds is 5. The van der Waals surface area contributed by atoms with Gasteiger partial charge in [-0.05, 0) is 37.1 Å². The highest BCUT2D eigenvalue weighted by atomic mass is 79.9. The molecule has 0 amide bonds. The minimum Gasteiger partial charge on any atom is -0.409 e.